The molecule has 0 radical (unpaired) electrons. The van der Waals surface area contributed by atoms with E-state index < -0.39 is 9.84 Å². The monoisotopic (exact) mass is 278 g/mol. The number of rotatable bonds is 7. The van der Waals surface area contributed by atoms with Crippen LogP contribution in [0.1, 0.15) is 51.0 Å². The molecule has 0 bridgehead atoms. The Morgan fingerprint density at radius 2 is 2.00 bits per heavy atom. The number of terminal acetylenes is 1. The summed E-state index contributed by atoms with van der Waals surface area (Å²) in [6.45, 7) is 3.99. The molecule has 2 nitrogen and oxygen atoms in total. The maximum atomic E-state index is 12.1. The van der Waals surface area contributed by atoms with E-state index in [0.717, 1.165) is 18.4 Å². The molecule has 1 aromatic carbocycles. The van der Waals surface area contributed by atoms with Gasteiger partial charge in [0, 0.05) is 6.42 Å². The Bertz CT molecular complexity index is 538. The maximum Gasteiger partial charge on any atom is 0.178 e. The molecule has 0 saturated heterocycles. The first kappa shape index (κ1) is 15.8. The van der Waals surface area contributed by atoms with Gasteiger partial charge >= 0.3 is 0 Å². The van der Waals surface area contributed by atoms with E-state index in [-0.39, 0.29) is 11.7 Å². The molecule has 1 atom stereocenters. The third-order valence-electron chi connectivity index (χ3n) is 3.16. The van der Waals surface area contributed by atoms with Crippen LogP contribution in [-0.4, -0.2) is 14.2 Å². The SMILES string of the molecule is C#CCC(CCC)c1cccc(S(=O)(=O)CCC)c1. The van der Waals surface area contributed by atoms with Crippen molar-refractivity contribution in [2.75, 3.05) is 5.75 Å². The Kier molecular flexibility index (Phi) is 6.11. The number of sulfone groups is 1. The molecule has 0 aromatic heterocycles. The van der Waals surface area contributed by atoms with Gasteiger partial charge in [-0.25, -0.2) is 8.42 Å². The summed E-state index contributed by atoms with van der Waals surface area (Å²) in [5.74, 6) is 3.14. The van der Waals surface area contributed by atoms with Crippen LogP contribution in [0.4, 0.5) is 0 Å². The van der Waals surface area contributed by atoms with Crippen molar-refractivity contribution in [3.63, 3.8) is 0 Å². The summed E-state index contributed by atoms with van der Waals surface area (Å²) < 4.78 is 24.2. The molecule has 0 spiro atoms. The van der Waals surface area contributed by atoms with Crippen LogP contribution >= 0.6 is 0 Å². The van der Waals surface area contributed by atoms with Gasteiger partial charge in [-0.05, 0) is 36.5 Å². The van der Waals surface area contributed by atoms with Gasteiger partial charge in [-0.3, -0.25) is 0 Å². The van der Waals surface area contributed by atoms with Gasteiger partial charge in [-0.2, -0.15) is 0 Å². The topological polar surface area (TPSA) is 34.1 Å². The molecule has 1 aromatic rings. The fourth-order valence-corrected chi connectivity index (χ4v) is 3.60. The number of hydrogen-bond donors (Lipinski definition) is 0. The van der Waals surface area contributed by atoms with Gasteiger partial charge in [0.05, 0.1) is 10.6 Å². The van der Waals surface area contributed by atoms with Crippen molar-refractivity contribution < 1.29 is 8.42 Å². The number of benzene rings is 1. The first-order valence-corrected chi connectivity index (χ1v) is 8.46. The first-order chi connectivity index (χ1) is 9.05. The number of hydrogen-bond acceptors (Lipinski definition) is 2. The lowest BCUT2D eigenvalue weighted by Gasteiger charge is -2.15. The van der Waals surface area contributed by atoms with E-state index in [1.807, 2.05) is 19.1 Å². The van der Waals surface area contributed by atoms with E-state index in [0.29, 0.717) is 17.7 Å². The zero-order valence-electron chi connectivity index (χ0n) is 11.7. The fraction of sp³-hybridized carbons (Fsp3) is 0.500. The van der Waals surface area contributed by atoms with Gasteiger partial charge in [-0.1, -0.05) is 32.4 Å². The molecule has 0 heterocycles. The average Bonchev–Trinajstić information content (AvgIpc) is 2.39. The van der Waals surface area contributed by atoms with Gasteiger partial charge in [0.2, 0.25) is 0 Å². The van der Waals surface area contributed by atoms with E-state index in [1.54, 1.807) is 12.1 Å². The highest BCUT2D eigenvalue weighted by Gasteiger charge is 2.16. The molecule has 0 amide bonds. The van der Waals surface area contributed by atoms with Crippen LogP contribution < -0.4 is 0 Å². The second-order valence-electron chi connectivity index (χ2n) is 4.79. The summed E-state index contributed by atoms with van der Waals surface area (Å²) >= 11 is 0. The highest BCUT2D eigenvalue weighted by atomic mass is 32.2. The lowest BCUT2D eigenvalue weighted by atomic mass is 9.92. The molecule has 0 aliphatic heterocycles. The molecular formula is C16H22O2S. The van der Waals surface area contributed by atoms with E-state index in [9.17, 15) is 8.42 Å². The Hall–Kier alpha value is -1.27. The molecule has 104 valence electrons. The molecule has 3 heteroatoms. The van der Waals surface area contributed by atoms with Gasteiger partial charge in [0.25, 0.3) is 0 Å². The van der Waals surface area contributed by atoms with Crippen molar-refractivity contribution in [3.05, 3.63) is 29.8 Å². The van der Waals surface area contributed by atoms with E-state index in [4.69, 9.17) is 6.42 Å². The van der Waals surface area contributed by atoms with Crippen LogP contribution in [0.3, 0.4) is 0 Å². The maximum absolute atomic E-state index is 12.1. The van der Waals surface area contributed by atoms with Gasteiger partial charge in [0.15, 0.2) is 9.84 Å². The molecule has 1 rings (SSSR count). The summed E-state index contributed by atoms with van der Waals surface area (Å²) in [5, 5.41) is 0. The minimum Gasteiger partial charge on any atom is -0.224 e. The predicted octanol–water partition coefficient (Wildman–Crippen LogP) is 3.78. The molecule has 0 saturated carbocycles. The average molecular weight is 278 g/mol. The van der Waals surface area contributed by atoms with Crippen molar-refractivity contribution in [3.8, 4) is 12.3 Å². The van der Waals surface area contributed by atoms with Gasteiger partial charge < -0.3 is 0 Å². The summed E-state index contributed by atoms with van der Waals surface area (Å²) in [6, 6.07) is 7.26. The zero-order valence-corrected chi connectivity index (χ0v) is 12.5. The largest absolute Gasteiger partial charge is 0.224 e. The van der Waals surface area contributed by atoms with E-state index in [1.165, 1.54) is 0 Å². The van der Waals surface area contributed by atoms with E-state index >= 15 is 0 Å². The Morgan fingerprint density at radius 1 is 1.26 bits per heavy atom. The predicted molar refractivity (Wildman–Crippen MR) is 79.9 cm³/mol. The first-order valence-electron chi connectivity index (χ1n) is 6.81. The Balaban J connectivity index is 3.08. The van der Waals surface area contributed by atoms with Crippen molar-refractivity contribution in [1.29, 1.82) is 0 Å². The highest BCUT2D eigenvalue weighted by Crippen LogP contribution is 2.26. The molecular weight excluding hydrogens is 256 g/mol. The van der Waals surface area contributed by atoms with Crippen LogP contribution in [-0.2, 0) is 9.84 Å². The van der Waals surface area contributed by atoms with Gasteiger partial charge in [-0.15, -0.1) is 12.3 Å². The third kappa shape index (κ3) is 4.40. The van der Waals surface area contributed by atoms with Crippen LogP contribution in [0, 0.1) is 12.3 Å². The Labute approximate surface area is 117 Å². The molecule has 19 heavy (non-hydrogen) atoms. The van der Waals surface area contributed by atoms with Crippen LogP contribution in [0.15, 0.2) is 29.2 Å². The third-order valence-corrected chi connectivity index (χ3v) is 5.08. The summed E-state index contributed by atoms with van der Waals surface area (Å²) in [5.41, 5.74) is 1.04. The molecule has 0 aliphatic carbocycles. The minimum atomic E-state index is -3.15. The summed E-state index contributed by atoms with van der Waals surface area (Å²) in [6.07, 6.45) is 8.72. The van der Waals surface area contributed by atoms with Crippen molar-refractivity contribution >= 4 is 9.84 Å². The van der Waals surface area contributed by atoms with Crippen LogP contribution in [0.25, 0.3) is 0 Å². The second kappa shape index (κ2) is 7.35. The Morgan fingerprint density at radius 3 is 2.58 bits per heavy atom. The van der Waals surface area contributed by atoms with Gasteiger partial charge in [0.1, 0.15) is 0 Å². The fourth-order valence-electron chi connectivity index (χ4n) is 2.23. The normalized spacial score (nSPS) is 12.9. The van der Waals surface area contributed by atoms with Crippen LogP contribution in [0.2, 0.25) is 0 Å². The lowest BCUT2D eigenvalue weighted by Crippen LogP contribution is -2.07. The van der Waals surface area contributed by atoms with Crippen molar-refractivity contribution in [2.45, 2.75) is 50.3 Å². The molecule has 1 unspecified atom stereocenters. The standard InChI is InChI=1S/C16H22O2S/c1-4-8-14(9-5-2)15-10-7-11-16(13-15)19(17,18)12-6-3/h1,7,10-11,13-14H,5-6,8-9,12H2,2-3H3. The minimum absolute atomic E-state index is 0.198. The van der Waals surface area contributed by atoms with E-state index in [2.05, 4.69) is 12.8 Å². The zero-order chi connectivity index (χ0) is 14.3. The quantitative estimate of drug-likeness (QED) is 0.711. The lowest BCUT2D eigenvalue weighted by molar-refractivity contribution is 0.593. The highest BCUT2D eigenvalue weighted by molar-refractivity contribution is 7.91. The van der Waals surface area contributed by atoms with Crippen molar-refractivity contribution in [1.82, 2.24) is 0 Å². The molecule has 0 fully saturated rings. The second-order valence-corrected chi connectivity index (χ2v) is 6.89. The molecule has 0 aliphatic rings. The summed E-state index contributed by atoms with van der Waals surface area (Å²) in [7, 11) is -3.15. The smallest absolute Gasteiger partial charge is 0.178 e. The summed E-state index contributed by atoms with van der Waals surface area (Å²) in [4.78, 5) is 0.421. The molecule has 0 N–H and O–H groups in total. The van der Waals surface area contributed by atoms with Crippen molar-refractivity contribution in [2.24, 2.45) is 0 Å². The van der Waals surface area contributed by atoms with Crippen LogP contribution in [0.5, 0.6) is 0 Å².